The van der Waals surface area contributed by atoms with Gasteiger partial charge in [-0.25, -0.2) is 0 Å². The summed E-state index contributed by atoms with van der Waals surface area (Å²) in [5, 5.41) is 0.306. The number of ether oxygens (including phenoxy) is 1. The van der Waals surface area contributed by atoms with Gasteiger partial charge < -0.3 is 9.16 Å². The third-order valence-corrected chi connectivity index (χ3v) is 11.9. The standard InChI is InChI=1S/C16H32O3Si/c1-11-12(2)20(15(4,5)6,16(7,8)9)18-10-14(11)19-13(3)17/h11-12,14H,10H2,1-9H3/t11-,12+,14?/m0/s1. The smallest absolute Gasteiger partial charge is 0.302 e. The minimum Gasteiger partial charge on any atom is -0.460 e. The van der Waals surface area contributed by atoms with E-state index in [1.54, 1.807) is 0 Å². The Morgan fingerprint density at radius 3 is 1.90 bits per heavy atom. The first kappa shape index (κ1) is 17.7. The van der Waals surface area contributed by atoms with Crippen LogP contribution in [0.5, 0.6) is 0 Å². The van der Waals surface area contributed by atoms with Crippen LogP contribution in [0.25, 0.3) is 0 Å². The third kappa shape index (κ3) is 2.82. The zero-order valence-electron chi connectivity index (χ0n) is 14.7. The normalized spacial score (nSPS) is 30.9. The largest absolute Gasteiger partial charge is 0.460 e. The first-order valence-corrected chi connectivity index (χ1v) is 9.64. The van der Waals surface area contributed by atoms with Crippen molar-refractivity contribution in [3.63, 3.8) is 0 Å². The molecule has 1 heterocycles. The highest BCUT2D eigenvalue weighted by atomic mass is 28.4. The van der Waals surface area contributed by atoms with Crippen LogP contribution in [0.2, 0.25) is 15.6 Å². The predicted octanol–water partition coefficient (Wildman–Crippen LogP) is 4.52. The van der Waals surface area contributed by atoms with Crippen LogP contribution in [-0.4, -0.2) is 27.0 Å². The third-order valence-electron chi connectivity index (χ3n) is 5.04. The zero-order valence-corrected chi connectivity index (χ0v) is 15.7. The fourth-order valence-electron chi connectivity index (χ4n) is 4.47. The Bertz CT molecular complexity index is 351. The Hall–Kier alpha value is -0.353. The Balaban J connectivity index is 3.17. The number of rotatable bonds is 1. The molecule has 118 valence electrons. The second kappa shape index (κ2) is 5.45. The summed E-state index contributed by atoms with van der Waals surface area (Å²) < 4.78 is 12.0. The van der Waals surface area contributed by atoms with Crippen LogP contribution in [0.1, 0.15) is 62.3 Å². The molecule has 0 aromatic carbocycles. The number of esters is 1. The quantitative estimate of drug-likeness (QED) is 0.527. The van der Waals surface area contributed by atoms with Crippen LogP contribution in [0.3, 0.4) is 0 Å². The topological polar surface area (TPSA) is 35.5 Å². The van der Waals surface area contributed by atoms with Gasteiger partial charge in [0.1, 0.15) is 6.10 Å². The van der Waals surface area contributed by atoms with Crippen LogP contribution in [0.15, 0.2) is 0 Å². The van der Waals surface area contributed by atoms with Crippen molar-refractivity contribution in [2.45, 2.75) is 84.0 Å². The van der Waals surface area contributed by atoms with Crippen molar-refractivity contribution in [1.29, 1.82) is 0 Å². The van der Waals surface area contributed by atoms with E-state index in [1.165, 1.54) is 6.92 Å². The average Bonchev–Trinajstić information content (AvgIpc) is 2.20. The molecule has 0 bridgehead atoms. The summed E-state index contributed by atoms with van der Waals surface area (Å²) in [5.74, 6) is 0.135. The van der Waals surface area contributed by atoms with Gasteiger partial charge in [-0.2, -0.15) is 0 Å². The van der Waals surface area contributed by atoms with E-state index in [-0.39, 0.29) is 22.1 Å². The molecular weight excluding hydrogens is 268 g/mol. The predicted molar refractivity (Wildman–Crippen MR) is 85.3 cm³/mol. The molecule has 0 radical (unpaired) electrons. The van der Waals surface area contributed by atoms with E-state index in [1.807, 2.05) is 0 Å². The molecule has 1 saturated heterocycles. The van der Waals surface area contributed by atoms with Crippen LogP contribution in [0, 0.1) is 5.92 Å². The van der Waals surface area contributed by atoms with E-state index in [4.69, 9.17) is 9.16 Å². The highest BCUT2D eigenvalue weighted by molar-refractivity contribution is 6.80. The van der Waals surface area contributed by atoms with Gasteiger partial charge in [0.15, 0.2) is 0 Å². The molecule has 0 N–H and O–H groups in total. The average molecular weight is 301 g/mol. The molecule has 4 heteroatoms. The monoisotopic (exact) mass is 300 g/mol. The Morgan fingerprint density at radius 1 is 1.10 bits per heavy atom. The van der Waals surface area contributed by atoms with Crippen LogP contribution in [0.4, 0.5) is 0 Å². The number of carbonyl (C=O) groups excluding carboxylic acids is 1. The maximum atomic E-state index is 11.3. The Kier molecular flexibility index (Phi) is 4.82. The SMILES string of the molecule is CC(=O)OC1CO[Si](C(C)(C)C)(C(C)(C)C)[C@H](C)[C@@H]1C. The number of hydrogen-bond donors (Lipinski definition) is 0. The molecule has 0 saturated carbocycles. The lowest BCUT2D eigenvalue weighted by atomic mass is 10.0. The van der Waals surface area contributed by atoms with Gasteiger partial charge in [-0.15, -0.1) is 0 Å². The van der Waals surface area contributed by atoms with Gasteiger partial charge in [0.05, 0.1) is 6.61 Å². The molecule has 3 atom stereocenters. The van der Waals surface area contributed by atoms with Crippen LogP contribution < -0.4 is 0 Å². The molecule has 0 aromatic heterocycles. The molecule has 0 amide bonds. The Labute approximate surface area is 125 Å². The molecule has 1 aliphatic heterocycles. The lowest BCUT2D eigenvalue weighted by molar-refractivity contribution is -0.152. The molecule has 0 aliphatic carbocycles. The van der Waals surface area contributed by atoms with Gasteiger partial charge in [0.2, 0.25) is 8.32 Å². The summed E-state index contributed by atoms with van der Waals surface area (Å²) in [7, 11) is -2.04. The van der Waals surface area contributed by atoms with Crippen LogP contribution in [-0.2, 0) is 14.0 Å². The van der Waals surface area contributed by atoms with E-state index < -0.39 is 8.32 Å². The van der Waals surface area contributed by atoms with Crippen LogP contribution >= 0.6 is 0 Å². The number of carbonyl (C=O) groups is 1. The van der Waals surface area contributed by atoms with Crippen molar-refractivity contribution in [3.05, 3.63) is 0 Å². The van der Waals surface area contributed by atoms with Gasteiger partial charge in [-0.1, -0.05) is 55.4 Å². The molecule has 1 rings (SSSR count). The van der Waals surface area contributed by atoms with E-state index in [2.05, 4.69) is 55.4 Å². The number of hydrogen-bond acceptors (Lipinski definition) is 3. The summed E-state index contributed by atoms with van der Waals surface area (Å²) in [6.45, 7) is 20.4. The van der Waals surface area contributed by atoms with Gasteiger partial charge in [-0.3, -0.25) is 4.79 Å². The van der Waals surface area contributed by atoms with E-state index >= 15 is 0 Å². The molecule has 1 unspecified atom stereocenters. The fraction of sp³-hybridized carbons (Fsp3) is 0.938. The highest BCUT2D eigenvalue weighted by Gasteiger charge is 2.62. The summed E-state index contributed by atoms with van der Waals surface area (Å²) in [4.78, 5) is 11.3. The lowest BCUT2D eigenvalue weighted by Gasteiger charge is -2.59. The summed E-state index contributed by atoms with van der Waals surface area (Å²) >= 11 is 0. The van der Waals surface area contributed by atoms with Crippen molar-refractivity contribution in [2.75, 3.05) is 6.61 Å². The van der Waals surface area contributed by atoms with Gasteiger partial charge in [0, 0.05) is 6.92 Å². The molecule has 0 spiro atoms. The lowest BCUT2D eigenvalue weighted by Crippen LogP contribution is -2.64. The molecule has 3 nitrogen and oxygen atoms in total. The zero-order chi connectivity index (χ0) is 15.9. The van der Waals surface area contributed by atoms with Crippen molar-refractivity contribution in [2.24, 2.45) is 5.92 Å². The van der Waals surface area contributed by atoms with Gasteiger partial charge >= 0.3 is 5.97 Å². The molecule has 1 fully saturated rings. The second-order valence-electron chi connectivity index (χ2n) is 8.34. The maximum Gasteiger partial charge on any atom is 0.302 e. The first-order chi connectivity index (χ1) is 8.84. The fourth-order valence-corrected chi connectivity index (χ4v) is 12.0. The molecule has 20 heavy (non-hydrogen) atoms. The molecule has 1 aliphatic rings. The van der Waals surface area contributed by atoms with Crippen molar-refractivity contribution < 1.29 is 14.0 Å². The van der Waals surface area contributed by atoms with Crippen molar-refractivity contribution in [1.82, 2.24) is 0 Å². The first-order valence-electron chi connectivity index (χ1n) is 7.66. The summed E-state index contributed by atoms with van der Waals surface area (Å²) in [6.07, 6.45) is -0.104. The van der Waals surface area contributed by atoms with E-state index in [0.29, 0.717) is 18.1 Å². The van der Waals surface area contributed by atoms with Crippen molar-refractivity contribution in [3.8, 4) is 0 Å². The minimum atomic E-state index is -2.04. The molecule has 0 aromatic rings. The van der Waals surface area contributed by atoms with Crippen molar-refractivity contribution >= 4 is 14.3 Å². The van der Waals surface area contributed by atoms with E-state index in [0.717, 1.165) is 0 Å². The second-order valence-corrected chi connectivity index (χ2v) is 14.0. The van der Waals surface area contributed by atoms with Gasteiger partial charge in [0.25, 0.3) is 0 Å². The highest BCUT2D eigenvalue weighted by Crippen LogP contribution is 2.61. The maximum absolute atomic E-state index is 11.3. The molecular formula is C16H32O3Si. The Morgan fingerprint density at radius 2 is 1.55 bits per heavy atom. The summed E-state index contributed by atoms with van der Waals surface area (Å²) in [6, 6.07) is 0. The summed E-state index contributed by atoms with van der Waals surface area (Å²) in [5.41, 5.74) is 0.445. The van der Waals surface area contributed by atoms with Gasteiger partial charge in [-0.05, 0) is 21.5 Å². The van der Waals surface area contributed by atoms with E-state index in [9.17, 15) is 4.79 Å². The minimum absolute atomic E-state index is 0.104.